The molecule has 4 heterocycles. The summed E-state index contributed by atoms with van der Waals surface area (Å²) in [6, 6.07) is 2.07. The average Bonchev–Trinajstić information content (AvgIpc) is 3.31. The second kappa shape index (κ2) is 6.89. The van der Waals surface area contributed by atoms with Gasteiger partial charge in [-0.15, -0.1) is 0 Å². The number of fused-ring (bicyclic) bond motifs is 1. The van der Waals surface area contributed by atoms with E-state index in [0.29, 0.717) is 31.6 Å². The second-order valence-electron chi connectivity index (χ2n) is 6.67. The molecular weight excluding hydrogens is 314 g/mol. The Morgan fingerprint density at radius 2 is 2.17 bits per heavy atom. The summed E-state index contributed by atoms with van der Waals surface area (Å²) in [4.78, 5) is 14.7. The minimum Gasteiger partial charge on any atom is -0.381 e. The number of ether oxygens (including phenoxy) is 3. The summed E-state index contributed by atoms with van der Waals surface area (Å²) in [5.74, 6) is 1.02. The Bertz CT molecular complexity index is 529. The molecule has 23 heavy (non-hydrogen) atoms. The molecule has 0 aromatic carbocycles. The fourth-order valence-corrected chi connectivity index (χ4v) is 4.46. The van der Waals surface area contributed by atoms with Crippen molar-refractivity contribution >= 4 is 17.2 Å². The van der Waals surface area contributed by atoms with E-state index in [1.165, 1.54) is 0 Å². The van der Waals surface area contributed by atoms with Gasteiger partial charge in [0.2, 0.25) is 0 Å². The molecule has 3 aliphatic rings. The van der Waals surface area contributed by atoms with E-state index >= 15 is 0 Å². The molecule has 1 amide bonds. The summed E-state index contributed by atoms with van der Waals surface area (Å²) in [7, 11) is 0. The Morgan fingerprint density at radius 3 is 2.96 bits per heavy atom. The fraction of sp³-hybridized carbons (Fsp3) is 0.706. The highest BCUT2D eigenvalue weighted by atomic mass is 32.1. The van der Waals surface area contributed by atoms with Crippen LogP contribution in [0.15, 0.2) is 16.8 Å². The van der Waals surface area contributed by atoms with Crippen molar-refractivity contribution < 1.29 is 19.0 Å². The maximum Gasteiger partial charge on any atom is 0.255 e. The third-order valence-electron chi connectivity index (χ3n) is 5.26. The Morgan fingerprint density at radius 1 is 1.30 bits per heavy atom. The summed E-state index contributed by atoms with van der Waals surface area (Å²) >= 11 is 1.56. The van der Waals surface area contributed by atoms with Gasteiger partial charge in [-0.2, -0.15) is 11.3 Å². The first-order valence-corrected chi connectivity index (χ1v) is 9.37. The van der Waals surface area contributed by atoms with Gasteiger partial charge in [0.1, 0.15) is 0 Å². The smallest absolute Gasteiger partial charge is 0.255 e. The van der Waals surface area contributed by atoms with E-state index < -0.39 is 0 Å². The molecule has 3 saturated heterocycles. The number of likely N-dealkylation sites (tertiary alicyclic amines) is 1. The first kappa shape index (κ1) is 15.6. The monoisotopic (exact) mass is 337 g/mol. The fourth-order valence-electron chi connectivity index (χ4n) is 3.83. The van der Waals surface area contributed by atoms with E-state index in [9.17, 15) is 4.79 Å². The van der Waals surface area contributed by atoms with Crippen LogP contribution in [-0.2, 0) is 14.2 Å². The van der Waals surface area contributed by atoms with E-state index in [1.807, 2.05) is 21.7 Å². The quantitative estimate of drug-likeness (QED) is 0.843. The maximum absolute atomic E-state index is 12.7. The molecule has 6 heteroatoms. The molecule has 0 saturated carbocycles. The highest BCUT2D eigenvalue weighted by Crippen LogP contribution is 2.34. The first-order chi connectivity index (χ1) is 11.3. The van der Waals surface area contributed by atoms with Crippen LogP contribution in [0.4, 0.5) is 0 Å². The Balaban J connectivity index is 1.39. The Labute approximate surface area is 140 Å². The number of hydrogen-bond donors (Lipinski definition) is 0. The van der Waals surface area contributed by atoms with E-state index in [1.54, 1.807) is 11.3 Å². The van der Waals surface area contributed by atoms with E-state index in [4.69, 9.17) is 14.2 Å². The van der Waals surface area contributed by atoms with Crippen molar-refractivity contribution in [2.45, 2.75) is 25.0 Å². The molecule has 0 N–H and O–H groups in total. The minimum absolute atomic E-state index is 0.105. The van der Waals surface area contributed by atoms with Crippen molar-refractivity contribution in [1.29, 1.82) is 0 Å². The van der Waals surface area contributed by atoms with Gasteiger partial charge >= 0.3 is 0 Å². The van der Waals surface area contributed by atoms with Gasteiger partial charge < -0.3 is 19.1 Å². The lowest BCUT2D eigenvalue weighted by Crippen LogP contribution is -2.38. The van der Waals surface area contributed by atoms with Gasteiger partial charge in [0.25, 0.3) is 5.91 Å². The number of amides is 1. The molecule has 3 atom stereocenters. The molecule has 126 valence electrons. The number of nitrogens with zero attached hydrogens (tertiary/aromatic N) is 1. The average molecular weight is 337 g/mol. The predicted molar refractivity (Wildman–Crippen MR) is 86.7 cm³/mol. The van der Waals surface area contributed by atoms with Crippen LogP contribution in [0.25, 0.3) is 0 Å². The van der Waals surface area contributed by atoms with Crippen LogP contribution in [0, 0.1) is 11.8 Å². The lowest BCUT2D eigenvalue weighted by atomic mass is 10.00. The largest absolute Gasteiger partial charge is 0.381 e. The van der Waals surface area contributed by atoms with Gasteiger partial charge in [0.05, 0.1) is 37.5 Å². The van der Waals surface area contributed by atoms with Crippen LogP contribution in [0.1, 0.15) is 23.2 Å². The van der Waals surface area contributed by atoms with Crippen molar-refractivity contribution in [3.05, 3.63) is 22.4 Å². The SMILES string of the molecule is O=C(c1ccsc1)N1C[C@H](OCC2CCOCC2)[C@H]2COC[C@H]21. The third kappa shape index (κ3) is 3.18. The molecule has 0 unspecified atom stereocenters. The van der Waals surface area contributed by atoms with Crippen LogP contribution >= 0.6 is 11.3 Å². The molecule has 0 radical (unpaired) electrons. The van der Waals surface area contributed by atoms with E-state index in [-0.39, 0.29) is 18.1 Å². The number of carbonyl (C=O) groups is 1. The molecule has 1 aromatic heterocycles. The summed E-state index contributed by atoms with van der Waals surface area (Å²) in [5, 5.41) is 3.87. The molecule has 0 aliphatic carbocycles. The molecule has 4 rings (SSSR count). The topological polar surface area (TPSA) is 48.0 Å². The van der Waals surface area contributed by atoms with Crippen molar-refractivity contribution in [2.24, 2.45) is 11.8 Å². The minimum atomic E-state index is 0.105. The van der Waals surface area contributed by atoms with Gasteiger partial charge in [-0.25, -0.2) is 0 Å². The maximum atomic E-state index is 12.7. The van der Waals surface area contributed by atoms with Gasteiger partial charge in [0, 0.05) is 31.1 Å². The number of thiophene rings is 1. The molecule has 0 bridgehead atoms. The molecule has 3 aliphatic heterocycles. The van der Waals surface area contributed by atoms with Crippen LogP contribution in [0.5, 0.6) is 0 Å². The summed E-state index contributed by atoms with van der Waals surface area (Å²) in [6.45, 7) is 4.50. The number of carbonyl (C=O) groups excluding carboxylic acids is 1. The third-order valence-corrected chi connectivity index (χ3v) is 5.95. The lowest BCUT2D eigenvalue weighted by molar-refractivity contribution is -0.0251. The Kier molecular flexibility index (Phi) is 4.66. The summed E-state index contributed by atoms with van der Waals surface area (Å²) < 4.78 is 17.3. The number of hydrogen-bond acceptors (Lipinski definition) is 5. The zero-order chi connectivity index (χ0) is 15.6. The van der Waals surface area contributed by atoms with Crippen molar-refractivity contribution in [1.82, 2.24) is 4.90 Å². The molecule has 5 nitrogen and oxygen atoms in total. The van der Waals surface area contributed by atoms with Crippen LogP contribution < -0.4 is 0 Å². The van der Waals surface area contributed by atoms with Crippen molar-refractivity contribution in [3.8, 4) is 0 Å². The van der Waals surface area contributed by atoms with Crippen molar-refractivity contribution in [2.75, 3.05) is 39.6 Å². The highest BCUT2D eigenvalue weighted by Gasteiger charge is 2.48. The predicted octanol–water partition coefficient (Wildman–Crippen LogP) is 2.03. The lowest BCUT2D eigenvalue weighted by Gasteiger charge is -2.25. The summed E-state index contributed by atoms with van der Waals surface area (Å²) in [5.41, 5.74) is 0.783. The van der Waals surface area contributed by atoms with Gasteiger partial charge in [-0.3, -0.25) is 4.79 Å². The van der Waals surface area contributed by atoms with Crippen LogP contribution in [0.3, 0.4) is 0 Å². The molecule has 1 aromatic rings. The molecule has 3 fully saturated rings. The number of rotatable bonds is 4. The first-order valence-electron chi connectivity index (χ1n) is 8.43. The van der Waals surface area contributed by atoms with Crippen molar-refractivity contribution in [3.63, 3.8) is 0 Å². The van der Waals surface area contributed by atoms with Gasteiger partial charge in [0.15, 0.2) is 0 Å². The molecule has 0 spiro atoms. The standard InChI is InChI=1S/C17H23NO4S/c19-17(13-3-6-23-11-13)18-7-16(14-9-21-10-15(14)18)22-8-12-1-4-20-5-2-12/h3,6,11-12,14-16H,1-2,4-5,7-10H2/t14-,15+,16-/m0/s1. The Hall–Kier alpha value is -0.950. The zero-order valence-corrected chi connectivity index (χ0v) is 14.0. The summed E-state index contributed by atoms with van der Waals surface area (Å²) in [6.07, 6.45) is 2.26. The van der Waals surface area contributed by atoms with Crippen LogP contribution in [-0.4, -0.2) is 62.5 Å². The normalized spacial score (nSPS) is 31.5. The molecular formula is C17H23NO4S. The second-order valence-corrected chi connectivity index (χ2v) is 7.45. The zero-order valence-electron chi connectivity index (χ0n) is 13.2. The van der Waals surface area contributed by atoms with Gasteiger partial charge in [-0.05, 0) is 30.2 Å². The highest BCUT2D eigenvalue weighted by molar-refractivity contribution is 7.08. The van der Waals surface area contributed by atoms with E-state index in [0.717, 1.165) is 38.2 Å². The van der Waals surface area contributed by atoms with Gasteiger partial charge in [-0.1, -0.05) is 0 Å². The van der Waals surface area contributed by atoms with E-state index in [2.05, 4.69) is 0 Å². The van der Waals surface area contributed by atoms with Crippen LogP contribution in [0.2, 0.25) is 0 Å².